The van der Waals surface area contributed by atoms with Crippen LogP contribution >= 0.6 is 0 Å². The maximum Gasteiger partial charge on any atom is 0.306 e. The number of allylic oxidation sites excluding steroid dienone is 14. The second-order valence-corrected chi connectivity index (χ2v) is 23.4. The first-order chi connectivity index (χ1) is 40.0. The molecule has 81 heavy (non-hydrogen) atoms. The molecule has 0 aliphatic carbocycles. The minimum absolute atomic E-state index is 0.0749. The molecular weight excluding hydrogens is 997 g/mol. The van der Waals surface area contributed by atoms with Gasteiger partial charge in [0.15, 0.2) is 6.10 Å². The summed E-state index contributed by atoms with van der Waals surface area (Å²) in [6.07, 6.45) is 91.9. The highest BCUT2D eigenvalue weighted by atomic mass is 16.6. The number of carbonyl (C=O) groups is 3. The van der Waals surface area contributed by atoms with Crippen molar-refractivity contribution in [1.29, 1.82) is 0 Å². The monoisotopic (exact) mass is 1130 g/mol. The first-order valence-corrected chi connectivity index (χ1v) is 35.1. The van der Waals surface area contributed by atoms with Crippen molar-refractivity contribution < 1.29 is 28.6 Å². The number of unbranched alkanes of at least 4 members (excludes halogenated alkanes) is 39. The molecule has 0 rings (SSSR count). The Bertz CT molecular complexity index is 1530. The number of esters is 3. The third-order valence-electron chi connectivity index (χ3n) is 15.4. The Balaban J connectivity index is 4.15. The summed E-state index contributed by atoms with van der Waals surface area (Å²) < 4.78 is 16.9. The van der Waals surface area contributed by atoms with Crippen LogP contribution in [0.4, 0.5) is 0 Å². The van der Waals surface area contributed by atoms with E-state index in [9.17, 15) is 14.4 Å². The van der Waals surface area contributed by atoms with Crippen LogP contribution in [0.5, 0.6) is 0 Å². The molecule has 0 bridgehead atoms. The highest BCUT2D eigenvalue weighted by molar-refractivity contribution is 5.71. The Kier molecular flexibility index (Phi) is 66.2. The molecule has 0 aromatic carbocycles. The van der Waals surface area contributed by atoms with Gasteiger partial charge in [-0.15, -0.1) is 0 Å². The largest absolute Gasteiger partial charge is 0.462 e. The molecule has 0 aromatic rings. The van der Waals surface area contributed by atoms with Crippen molar-refractivity contribution in [2.45, 2.75) is 361 Å². The lowest BCUT2D eigenvalue weighted by Crippen LogP contribution is -2.30. The Morgan fingerprint density at radius 1 is 0.259 bits per heavy atom. The minimum Gasteiger partial charge on any atom is -0.462 e. The van der Waals surface area contributed by atoms with Crippen LogP contribution in [-0.4, -0.2) is 37.2 Å². The number of hydrogen-bond acceptors (Lipinski definition) is 6. The van der Waals surface area contributed by atoms with E-state index in [1.807, 2.05) is 0 Å². The number of carbonyl (C=O) groups excluding carboxylic acids is 3. The summed E-state index contributed by atoms with van der Waals surface area (Å²) in [4.78, 5) is 38.3. The van der Waals surface area contributed by atoms with Gasteiger partial charge >= 0.3 is 17.9 Å². The van der Waals surface area contributed by atoms with Crippen molar-refractivity contribution in [3.63, 3.8) is 0 Å². The summed E-state index contributed by atoms with van der Waals surface area (Å²) >= 11 is 0. The summed E-state index contributed by atoms with van der Waals surface area (Å²) in [5, 5.41) is 0. The van der Waals surface area contributed by atoms with E-state index in [1.54, 1.807) is 0 Å². The molecule has 0 aliphatic heterocycles. The molecule has 1 atom stereocenters. The predicted octanol–water partition coefficient (Wildman–Crippen LogP) is 24.2. The third kappa shape index (κ3) is 67.3. The Labute approximate surface area is 503 Å². The molecule has 0 N–H and O–H groups in total. The fourth-order valence-electron chi connectivity index (χ4n) is 10.2. The lowest BCUT2D eigenvalue weighted by molar-refractivity contribution is -0.167. The lowest BCUT2D eigenvalue weighted by Gasteiger charge is -2.18. The van der Waals surface area contributed by atoms with Gasteiger partial charge in [-0.2, -0.15) is 0 Å². The summed E-state index contributed by atoms with van der Waals surface area (Å²) in [7, 11) is 0. The van der Waals surface area contributed by atoms with E-state index in [2.05, 4.69) is 106 Å². The van der Waals surface area contributed by atoms with E-state index >= 15 is 0 Å². The molecular formula is C75H132O6. The van der Waals surface area contributed by atoms with Gasteiger partial charge in [0.25, 0.3) is 0 Å². The molecule has 0 heterocycles. The highest BCUT2D eigenvalue weighted by Gasteiger charge is 2.19. The van der Waals surface area contributed by atoms with Gasteiger partial charge in [0.2, 0.25) is 0 Å². The average Bonchev–Trinajstić information content (AvgIpc) is 3.47. The van der Waals surface area contributed by atoms with Crippen LogP contribution in [0.1, 0.15) is 355 Å². The molecule has 0 aromatic heterocycles. The standard InChI is InChI=1S/C75H132O6/c1-4-7-10-13-16-19-21-23-25-27-29-31-33-35-36-37-38-40-41-43-45-47-49-51-53-56-59-62-65-68-74(77)80-71-72(70-79-73(76)67-64-61-58-55-18-15-12-9-6-3)81-75(78)69-66-63-60-57-54-52-50-48-46-44-42-39-34-32-30-28-26-24-22-20-17-14-11-8-5-2/h8,11,17,20-21,23-24,26-27,29-30,32,39,42,72H,4-7,9-10,12-16,18-19,22,25,28,31,33-38,40-41,43-71H2,1-3H3/b11-8-,20-17-,23-21-,26-24-,29-27-,32-30-,42-39-. The Hall–Kier alpha value is -3.41. The van der Waals surface area contributed by atoms with Crippen molar-refractivity contribution in [3.8, 4) is 0 Å². The van der Waals surface area contributed by atoms with Gasteiger partial charge in [-0.1, -0.05) is 324 Å². The van der Waals surface area contributed by atoms with Crippen LogP contribution in [0.2, 0.25) is 0 Å². The highest BCUT2D eigenvalue weighted by Crippen LogP contribution is 2.17. The summed E-state index contributed by atoms with van der Waals surface area (Å²) in [6, 6.07) is 0. The molecule has 0 amide bonds. The van der Waals surface area contributed by atoms with Crippen molar-refractivity contribution in [2.24, 2.45) is 0 Å². The molecule has 0 saturated carbocycles. The maximum absolute atomic E-state index is 12.9. The van der Waals surface area contributed by atoms with Crippen molar-refractivity contribution in [2.75, 3.05) is 13.2 Å². The van der Waals surface area contributed by atoms with Gasteiger partial charge < -0.3 is 14.2 Å². The second-order valence-electron chi connectivity index (χ2n) is 23.4. The van der Waals surface area contributed by atoms with E-state index < -0.39 is 6.10 Å². The van der Waals surface area contributed by atoms with Crippen LogP contribution < -0.4 is 0 Å². The molecule has 0 saturated heterocycles. The third-order valence-corrected chi connectivity index (χ3v) is 15.4. The smallest absolute Gasteiger partial charge is 0.306 e. The molecule has 1 unspecified atom stereocenters. The molecule has 468 valence electrons. The zero-order valence-corrected chi connectivity index (χ0v) is 53.8. The summed E-state index contributed by atoms with van der Waals surface area (Å²) in [5.41, 5.74) is 0. The van der Waals surface area contributed by atoms with Crippen LogP contribution in [-0.2, 0) is 28.6 Å². The lowest BCUT2D eigenvalue weighted by atomic mass is 10.0. The molecule has 0 aliphatic rings. The van der Waals surface area contributed by atoms with Crippen LogP contribution in [0, 0.1) is 0 Å². The van der Waals surface area contributed by atoms with E-state index in [1.165, 1.54) is 212 Å². The van der Waals surface area contributed by atoms with Gasteiger partial charge in [0, 0.05) is 19.3 Å². The van der Waals surface area contributed by atoms with Crippen molar-refractivity contribution >= 4 is 17.9 Å². The predicted molar refractivity (Wildman–Crippen MR) is 353 cm³/mol. The van der Waals surface area contributed by atoms with Crippen LogP contribution in [0.3, 0.4) is 0 Å². The quantitative estimate of drug-likeness (QED) is 0.0261. The van der Waals surface area contributed by atoms with E-state index in [-0.39, 0.29) is 31.1 Å². The topological polar surface area (TPSA) is 78.9 Å². The number of rotatable bonds is 64. The average molecular weight is 1130 g/mol. The van der Waals surface area contributed by atoms with E-state index in [0.717, 1.165) is 103 Å². The molecule has 0 fully saturated rings. The summed E-state index contributed by atoms with van der Waals surface area (Å²) in [6.45, 7) is 6.53. The van der Waals surface area contributed by atoms with Gasteiger partial charge in [-0.3, -0.25) is 14.4 Å². The minimum atomic E-state index is -0.778. The first-order valence-electron chi connectivity index (χ1n) is 35.1. The molecule has 6 nitrogen and oxygen atoms in total. The molecule has 0 spiro atoms. The zero-order valence-electron chi connectivity index (χ0n) is 53.8. The number of hydrogen-bond donors (Lipinski definition) is 0. The Morgan fingerprint density at radius 3 is 0.753 bits per heavy atom. The number of ether oxygens (including phenoxy) is 3. The normalized spacial score (nSPS) is 12.6. The Morgan fingerprint density at radius 2 is 0.481 bits per heavy atom. The first kappa shape index (κ1) is 77.6. The van der Waals surface area contributed by atoms with Gasteiger partial charge in [-0.05, 0) is 96.3 Å². The molecule has 0 radical (unpaired) electrons. The van der Waals surface area contributed by atoms with Crippen LogP contribution in [0.15, 0.2) is 85.1 Å². The van der Waals surface area contributed by atoms with Crippen molar-refractivity contribution in [1.82, 2.24) is 0 Å². The maximum atomic E-state index is 12.9. The summed E-state index contributed by atoms with van der Waals surface area (Å²) in [5.74, 6) is -0.867. The van der Waals surface area contributed by atoms with E-state index in [4.69, 9.17) is 14.2 Å². The van der Waals surface area contributed by atoms with Gasteiger partial charge in [0.05, 0.1) is 0 Å². The SMILES string of the molecule is CC/C=C\C/C=C\C/C=C\C/C=C\C/C=C\CCCCCCCCCCCC(=O)OC(COC(=O)CCCCCCCCCCC)COC(=O)CCCCCCCCCCCCCCCCCCC/C=C\C/C=C\CCCCCCC. The second kappa shape index (κ2) is 69.1. The fraction of sp³-hybridized carbons (Fsp3) is 0.773. The van der Waals surface area contributed by atoms with Gasteiger partial charge in [0.1, 0.15) is 13.2 Å². The van der Waals surface area contributed by atoms with Crippen molar-refractivity contribution in [3.05, 3.63) is 85.1 Å². The van der Waals surface area contributed by atoms with Crippen LogP contribution in [0.25, 0.3) is 0 Å². The molecule has 6 heteroatoms. The van der Waals surface area contributed by atoms with E-state index in [0.29, 0.717) is 19.3 Å². The zero-order chi connectivity index (χ0) is 58.5. The fourth-order valence-corrected chi connectivity index (χ4v) is 10.2. The van der Waals surface area contributed by atoms with Gasteiger partial charge in [-0.25, -0.2) is 0 Å².